The molecule has 47 heavy (non-hydrogen) atoms. The van der Waals surface area contributed by atoms with Crippen LogP contribution in [0.1, 0.15) is 77.3 Å². The Morgan fingerprint density at radius 2 is 1.64 bits per heavy atom. The summed E-state index contributed by atoms with van der Waals surface area (Å²) in [6, 6.07) is 12.9. The standard InChI is InChI=1S/C36H41N3O7S/c1-35(2)26-14-11-12-15-29(26)38(23-13-7-10-18-34(42)46-39-32(40)21-22-33(39)41)31(35)17-9-6-8-16-30-36(3,4)27-24-25(47(43,44)45)19-20-28(27)37(30)5/h6,8-9,11-12,14-17,19-20,24H,7,10,13,18,21-23H2,1-5H3. The largest absolute Gasteiger partial charge is 0.744 e. The van der Waals surface area contributed by atoms with Crippen LogP contribution < -0.4 is 4.90 Å². The van der Waals surface area contributed by atoms with Gasteiger partial charge in [0, 0.05) is 60.3 Å². The second kappa shape index (κ2) is 13.0. The second-order valence-electron chi connectivity index (χ2n) is 13.1. The number of hydroxylamine groups is 2. The molecule has 2 aromatic carbocycles. The van der Waals surface area contributed by atoms with Crippen molar-refractivity contribution in [2.24, 2.45) is 0 Å². The minimum absolute atomic E-state index is 0.0752. The molecule has 0 N–H and O–H groups in total. The van der Waals surface area contributed by atoms with E-state index in [1.165, 1.54) is 17.7 Å². The number of allylic oxidation sites excluding steroid dienone is 6. The predicted molar refractivity (Wildman–Crippen MR) is 177 cm³/mol. The van der Waals surface area contributed by atoms with Gasteiger partial charge >= 0.3 is 5.97 Å². The highest BCUT2D eigenvalue weighted by molar-refractivity contribution is 7.85. The summed E-state index contributed by atoms with van der Waals surface area (Å²) in [6.07, 6.45) is 12.5. The molecule has 0 radical (unpaired) electrons. The van der Waals surface area contributed by atoms with Crippen LogP contribution in [-0.2, 0) is 40.2 Å². The Hall–Kier alpha value is -4.35. The van der Waals surface area contributed by atoms with Crippen molar-refractivity contribution < 1.29 is 36.8 Å². The number of rotatable bonds is 11. The van der Waals surface area contributed by atoms with Gasteiger partial charge in [0.05, 0.1) is 10.3 Å². The number of hydrogen-bond acceptors (Lipinski definition) is 8. The highest BCUT2D eigenvalue weighted by Gasteiger charge is 2.43. The van der Waals surface area contributed by atoms with Crippen LogP contribution in [0.5, 0.6) is 0 Å². The first kappa shape index (κ1) is 34.0. The molecule has 1 saturated heterocycles. The van der Waals surface area contributed by atoms with Gasteiger partial charge in [-0.05, 0) is 56.5 Å². The lowest BCUT2D eigenvalue weighted by atomic mass is 9.81. The van der Waals surface area contributed by atoms with Gasteiger partial charge in [0.25, 0.3) is 11.8 Å². The van der Waals surface area contributed by atoms with Crippen LogP contribution in [0.15, 0.2) is 83.4 Å². The van der Waals surface area contributed by atoms with E-state index in [0.717, 1.165) is 47.7 Å². The maximum absolute atomic E-state index is 12.2. The van der Waals surface area contributed by atoms with Crippen molar-refractivity contribution in [2.45, 2.75) is 81.9 Å². The number of nitrogens with zero attached hydrogens (tertiary/aromatic N) is 3. The summed E-state index contributed by atoms with van der Waals surface area (Å²) < 4.78 is 36.9. The van der Waals surface area contributed by atoms with E-state index in [4.69, 9.17) is 4.84 Å². The molecular weight excluding hydrogens is 618 g/mol. The minimum atomic E-state index is -4.55. The molecule has 5 rings (SSSR count). The van der Waals surface area contributed by atoms with Crippen molar-refractivity contribution in [3.8, 4) is 0 Å². The Kier molecular flexibility index (Phi) is 9.43. The summed E-state index contributed by atoms with van der Waals surface area (Å²) in [6.45, 7) is 9.19. The molecule has 3 aliphatic rings. The van der Waals surface area contributed by atoms with Gasteiger partial charge in [-0.3, -0.25) is 9.59 Å². The fourth-order valence-corrected chi connectivity index (χ4v) is 7.23. The molecule has 0 saturated carbocycles. The second-order valence-corrected chi connectivity index (χ2v) is 14.5. The summed E-state index contributed by atoms with van der Waals surface area (Å²) in [7, 11) is -2.62. The average Bonchev–Trinajstić information content (AvgIpc) is 3.51. The zero-order valence-electron chi connectivity index (χ0n) is 27.5. The van der Waals surface area contributed by atoms with Gasteiger partial charge in [0.15, 0.2) is 5.71 Å². The zero-order chi connectivity index (χ0) is 34.1. The van der Waals surface area contributed by atoms with E-state index in [0.29, 0.717) is 11.5 Å². The molecule has 10 nitrogen and oxygen atoms in total. The van der Waals surface area contributed by atoms with Crippen molar-refractivity contribution in [1.82, 2.24) is 5.06 Å². The highest BCUT2D eigenvalue weighted by Crippen LogP contribution is 2.47. The minimum Gasteiger partial charge on any atom is -0.744 e. The Balaban J connectivity index is 1.25. The number of amides is 2. The molecule has 2 aromatic rings. The Morgan fingerprint density at radius 3 is 2.34 bits per heavy atom. The van der Waals surface area contributed by atoms with Crippen LogP contribution in [0.2, 0.25) is 0 Å². The van der Waals surface area contributed by atoms with Crippen LogP contribution >= 0.6 is 0 Å². The molecule has 0 spiro atoms. The average molecular weight is 660 g/mol. The van der Waals surface area contributed by atoms with Crippen molar-refractivity contribution in [3.05, 3.63) is 89.7 Å². The fraction of sp³-hybridized carbons (Fsp3) is 0.389. The number of imide groups is 1. The van der Waals surface area contributed by atoms with E-state index in [9.17, 15) is 27.4 Å². The number of carbonyl (C=O) groups is 3. The van der Waals surface area contributed by atoms with E-state index >= 15 is 0 Å². The smallest absolute Gasteiger partial charge is 0.333 e. The van der Waals surface area contributed by atoms with Gasteiger partial charge < -0.3 is 14.3 Å². The molecule has 1 fully saturated rings. The first-order valence-electron chi connectivity index (χ1n) is 15.8. The first-order valence-corrected chi connectivity index (χ1v) is 17.3. The highest BCUT2D eigenvalue weighted by atomic mass is 32.2. The molecule has 248 valence electrons. The molecule has 0 bridgehead atoms. The van der Waals surface area contributed by atoms with Crippen LogP contribution in [-0.4, -0.2) is 59.7 Å². The van der Waals surface area contributed by atoms with E-state index in [-0.39, 0.29) is 29.6 Å². The lowest BCUT2D eigenvalue weighted by Gasteiger charge is -2.27. The third-order valence-corrected chi connectivity index (χ3v) is 10.1. The topological polar surface area (TPSA) is 127 Å². The van der Waals surface area contributed by atoms with Crippen molar-refractivity contribution in [2.75, 3.05) is 18.5 Å². The number of fused-ring (bicyclic) bond motifs is 2. The summed E-state index contributed by atoms with van der Waals surface area (Å²) in [5.74, 6) is -1.53. The molecule has 3 heterocycles. The van der Waals surface area contributed by atoms with Gasteiger partial charge in [-0.25, -0.2) is 13.2 Å². The van der Waals surface area contributed by atoms with Crippen LogP contribution in [0.4, 0.5) is 11.4 Å². The Labute approximate surface area is 276 Å². The van der Waals surface area contributed by atoms with Gasteiger partial charge in [-0.1, -0.05) is 56.7 Å². The maximum Gasteiger partial charge on any atom is 0.333 e. The first-order chi connectivity index (χ1) is 22.1. The number of hydrogen-bond donors (Lipinski definition) is 0. The molecule has 0 aliphatic carbocycles. The van der Waals surface area contributed by atoms with Gasteiger partial charge in [0.1, 0.15) is 17.2 Å². The van der Waals surface area contributed by atoms with E-state index in [1.54, 1.807) is 6.07 Å². The molecule has 0 aromatic heterocycles. The number of anilines is 1. The summed E-state index contributed by atoms with van der Waals surface area (Å²) >= 11 is 0. The van der Waals surface area contributed by atoms with Crippen molar-refractivity contribution in [1.29, 1.82) is 0 Å². The fourth-order valence-electron chi connectivity index (χ4n) is 6.73. The normalized spacial score (nSPS) is 19.5. The quantitative estimate of drug-likeness (QED) is 0.101. The molecule has 0 unspecified atom stereocenters. The molecule has 2 amide bonds. The van der Waals surface area contributed by atoms with Crippen LogP contribution in [0.25, 0.3) is 0 Å². The summed E-state index contributed by atoms with van der Waals surface area (Å²) in [5, 5.41) is 0.593. The van der Waals surface area contributed by atoms with Gasteiger partial charge in [0.2, 0.25) is 5.69 Å². The summed E-state index contributed by atoms with van der Waals surface area (Å²) in [5.41, 5.74) is 5.44. The number of benzene rings is 2. The van der Waals surface area contributed by atoms with E-state index in [2.05, 4.69) is 37.0 Å². The Bertz CT molecular complexity index is 1830. The third-order valence-electron chi connectivity index (χ3n) is 9.28. The van der Waals surface area contributed by atoms with E-state index < -0.39 is 33.3 Å². The Morgan fingerprint density at radius 1 is 0.936 bits per heavy atom. The maximum atomic E-state index is 12.2. The predicted octanol–water partition coefficient (Wildman–Crippen LogP) is 5.56. The third kappa shape index (κ3) is 6.73. The van der Waals surface area contributed by atoms with Crippen molar-refractivity contribution >= 4 is 45.0 Å². The summed E-state index contributed by atoms with van der Waals surface area (Å²) in [4.78, 5) is 42.7. The number of unbranched alkanes of at least 4 members (excludes halogenated alkanes) is 2. The van der Waals surface area contributed by atoms with E-state index in [1.807, 2.05) is 61.9 Å². The number of para-hydroxylation sites is 1. The van der Waals surface area contributed by atoms with Gasteiger partial charge in [-0.15, -0.1) is 5.06 Å². The monoisotopic (exact) mass is 659 g/mol. The zero-order valence-corrected chi connectivity index (χ0v) is 28.3. The number of carbonyl (C=O) groups excluding carboxylic acids is 3. The molecule has 11 heteroatoms. The van der Waals surface area contributed by atoms with Crippen LogP contribution in [0.3, 0.4) is 0 Å². The van der Waals surface area contributed by atoms with Crippen molar-refractivity contribution in [3.63, 3.8) is 0 Å². The molecule has 3 aliphatic heterocycles. The molecule has 0 atom stereocenters. The van der Waals surface area contributed by atoms with Crippen LogP contribution in [0, 0.1) is 0 Å². The van der Waals surface area contributed by atoms with Gasteiger partial charge in [-0.2, -0.15) is 4.58 Å². The molecular formula is C36H41N3O7S. The SMILES string of the molecule is C[N+]1=C(/C=C/C=C/C=C2N(CCCCCC(=O)ON3C(=O)CCC3=O)c3ccccc3C2(C)C)C(C)(C)c2cc(S(=O)(=O)[O-])ccc21. The lowest BCUT2D eigenvalue weighted by molar-refractivity contribution is -0.401. The lowest BCUT2D eigenvalue weighted by Crippen LogP contribution is -2.32.